The van der Waals surface area contributed by atoms with E-state index in [-0.39, 0.29) is 58.9 Å². The van der Waals surface area contributed by atoms with Gasteiger partial charge in [0.15, 0.2) is 0 Å². The average Bonchev–Trinajstić information content (AvgIpc) is 3.76. The summed E-state index contributed by atoms with van der Waals surface area (Å²) in [5, 5.41) is 6.70. The van der Waals surface area contributed by atoms with Crippen molar-refractivity contribution < 1.29 is 58.9 Å². The van der Waals surface area contributed by atoms with E-state index in [1.54, 1.807) is 59.7 Å². The number of halogens is 3. The molecule has 0 aliphatic heterocycles. The number of hydrogen-bond acceptors (Lipinski definition) is 0. The third-order valence-electron chi connectivity index (χ3n) is 14.2. The molecular weight excluding hydrogens is 927 g/mol. The molecule has 0 unspecified atom stereocenters. The normalized spacial score (nSPS) is 11.1. The molecule has 4 aromatic rings. The first-order chi connectivity index (χ1) is 31.0. The molecule has 0 radical (unpaired) electrons. The maximum atomic E-state index is 2.79. The summed E-state index contributed by atoms with van der Waals surface area (Å²) in [6.07, 6.45) is 41.1. The third kappa shape index (κ3) is 22.0. The second-order valence-electron chi connectivity index (χ2n) is 19.9. The fraction of sp³-hybridized carbons (Fsp3) is 0.629. The molecule has 0 saturated carbocycles. The molecule has 0 aliphatic rings. The van der Waals surface area contributed by atoms with Gasteiger partial charge in [0, 0.05) is 0 Å². The Labute approximate surface area is 450 Å². The van der Waals surface area contributed by atoms with E-state index in [4.69, 9.17) is 0 Å². The van der Waals surface area contributed by atoms with Gasteiger partial charge >= 0.3 is 21.7 Å². The molecule has 4 aromatic carbocycles. The van der Waals surface area contributed by atoms with Gasteiger partial charge in [0.25, 0.3) is 0 Å². The Hall–Kier alpha value is -1.19. The summed E-state index contributed by atoms with van der Waals surface area (Å²) in [6.45, 7) is 16.5. The molecule has 0 amide bonds. The summed E-state index contributed by atoms with van der Waals surface area (Å²) in [5.74, 6) is 0. The van der Waals surface area contributed by atoms with Gasteiger partial charge < -0.3 is 37.2 Å². The Morgan fingerprint density at radius 3 is 0.791 bits per heavy atom. The maximum absolute atomic E-state index is 2.84. The molecule has 0 fully saturated rings. The Morgan fingerprint density at radius 1 is 0.313 bits per heavy atom. The van der Waals surface area contributed by atoms with Crippen molar-refractivity contribution in [1.29, 1.82) is 0 Å². The Bertz CT molecular complexity index is 1550. The first-order valence-corrected chi connectivity index (χ1v) is 29.6. The quantitative estimate of drug-likeness (QED) is 0.0192. The van der Waals surface area contributed by atoms with E-state index in [9.17, 15) is 0 Å². The SMILES string of the molecule is CCCCCCc1cc(CCCCCC)cc([Si](c2cc(CCCCCC)cc(CCCCCC)c2)(c2cc(CCCCCC)cc(CCCCCC)c2)[c-]2cccc2CCC)c1.[Cl-].[Cl-].[Cl-].[Ti+4]. The minimum absolute atomic E-state index is 0. The molecular formula is C62H97Cl3SiTi. The van der Waals surface area contributed by atoms with Crippen molar-refractivity contribution in [2.75, 3.05) is 0 Å². The summed E-state index contributed by atoms with van der Waals surface area (Å²) in [6, 6.07) is 32.3. The largest absolute Gasteiger partial charge is 4.00 e. The van der Waals surface area contributed by atoms with Crippen LogP contribution in [0.25, 0.3) is 0 Å². The van der Waals surface area contributed by atoms with Crippen LogP contribution >= 0.6 is 0 Å². The van der Waals surface area contributed by atoms with Crippen molar-refractivity contribution in [3.8, 4) is 0 Å². The third-order valence-corrected chi connectivity index (χ3v) is 19.0. The molecule has 0 bridgehead atoms. The van der Waals surface area contributed by atoms with Crippen LogP contribution in [0.1, 0.15) is 248 Å². The van der Waals surface area contributed by atoms with Crippen molar-refractivity contribution in [3.63, 3.8) is 0 Å². The number of hydrogen-bond donors (Lipinski definition) is 0. The topological polar surface area (TPSA) is 0 Å². The van der Waals surface area contributed by atoms with Gasteiger partial charge in [-0.25, -0.2) is 12.1 Å². The molecule has 0 saturated heterocycles. The van der Waals surface area contributed by atoms with Crippen LogP contribution < -0.4 is 58.0 Å². The molecule has 0 heterocycles. The smallest absolute Gasteiger partial charge is 1.00 e. The van der Waals surface area contributed by atoms with Crippen LogP contribution in [0.4, 0.5) is 0 Å². The molecule has 5 heteroatoms. The van der Waals surface area contributed by atoms with E-state index in [1.165, 1.54) is 199 Å². The van der Waals surface area contributed by atoms with Crippen molar-refractivity contribution in [3.05, 3.63) is 112 Å². The van der Waals surface area contributed by atoms with Crippen LogP contribution in [0.3, 0.4) is 0 Å². The molecule has 0 spiro atoms. The Kier molecular flexibility index (Phi) is 38.7. The van der Waals surface area contributed by atoms with Gasteiger partial charge in [-0.05, 0) is 110 Å². The zero-order chi connectivity index (χ0) is 45.0. The van der Waals surface area contributed by atoms with E-state index in [2.05, 4.69) is 121 Å². The van der Waals surface area contributed by atoms with Crippen LogP contribution in [-0.2, 0) is 66.7 Å². The van der Waals surface area contributed by atoms with E-state index in [0.717, 1.165) is 6.42 Å². The zero-order valence-electron chi connectivity index (χ0n) is 44.2. The molecule has 0 nitrogen and oxygen atoms in total. The minimum atomic E-state index is -2.84. The molecule has 4 rings (SSSR count). The van der Waals surface area contributed by atoms with Crippen molar-refractivity contribution in [2.24, 2.45) is 0 Å². The van der Waals surface area contributed by atoms with Crippen LogP contribution in [0.15, 0.2) is 72.8 Å². The summed E-state index contributed by atoms with van der Waals surface area (Å²) >= 11 is 0. The molecule has 67 heavy (non-hydrogen) atoms. The maximum Gasteiger partial charge on any atom is 4.00 e. The molecule has 0 aromatic heterocycles. The number of unbranched alkanes of at least 4 members (excludes halogenated alkanes) is 18. The Balaban J connectivity index is 0.0000109. The summed E-state index contributed by atoms with van der Waals surface area (Å²) in [5.41, 5.74) is 11.2. The van der Waals surface area contributed by atoms with Crippen LogP contribution in [-0.4, -0.2) is 8.07 Å². The van der Waals surface area contributed by atoms with Crippen molar-refractivity contribution >= 4 is 28.8 Å². The van der Waals surface area contributed by atoms with E-state index in [1.807, 2.05) is 0 Å². The first kappa shape index (κ1) is 65.8. The second-order valence-corrected chi connectivity index (χ2v) is 23.7. The fourth-order valence-corrected chi connectivity index (χ4v) is 16.0. The summed E-state index contributed by atoms with van der Waals surface area (Å²) in [4.78, 5) is 0. The van der Waals surface area contributed by atoms with Crippen LogP contribution in [0, 0.1) is 0 Å². The monoisotopic (exact) mass is 1020 g/mol. The van der Waals surface area contributed by atoms with Gasteiger partial charge in [-0.15, -0.1) is 5.19 Å². The summed E-state index contributed by atoms with van der Waals surface area (Å²) in [7, 11) is -2.84. The van der Waals surface area contributed by atoms with E-state index >= 15 is 0 Å². The Morgan fingerprint density at radius 2 is 0.567 bits per heavy atom. The minimum Gasteiger partial charge on any atom is -1.00 e. The molecule has 0 N–H and O–H groups in total. The van der Waals surface area contributed by atoms with Crippen molar-refractivity contribution in [2.45, 2.75) is 254 Å². The summed E-state index contributed by atoms with van der Waals surface area (Å²) < 4.78 is 0. The van der Waals surface area contributed by atoms with Gasteiger partial charge in [-0.2, -0.15) is 11.6 Å². The predicted octanol–water partition coefficient (Wildman–Crippen LogP) is 7.48. The van der Waals surface area contributed by atoms with Gasteiger partial charge in [-0.3, -0.25) is 0 Å². The number of benzene rings is 3. The van der Waals surface area contributed by atoms with Crippen LogP contribution in [0.2, 0.25) is 0 Å². The molecule has 374 valence electrons. The van der Waals surface area contributed by atoms with Gasteiger partial charge in [0.05, 0.1) is 0 Å². The van der Waals surface area contributed by atoms with Crippen LogP contribution in [0.5, 0.6) is 0 Å². The molecule has 0 aliphatic carbocycles. The predicted molar refractivity (Wildman–Crippen MR) is 287 cm³/mol. The average molecular weight is 1020 g/mol. The van der Waals surface area contributed by atoms with E-state index < -0.39 is 8.07 Å². The van der Waals surface area contributed by atoms with Gasteiger partial charge in [0.2, 0.25) is 0 Å². The van der Waals surface area contributed by atoms with E-state index in [0.29, 0.717) is 0 Å². The second kappa shape index (κ2) is 39.4. The van der Waals surface area contributed by atoms with Gasteiger partial charge in [0.1, 0.15) is 8.07 Å². The molecule has 0 atom stereocenters. The number of aryl methyl sites for hydroxylation is 7. The zero-order valence-corrected chi connectivity index (χ0v) is 49.0. The first-order valence-electron chi connectivity index (χ1n) is 27.6. The van der Waals surface area contributed by atoms with Crippen molar-refractivity contribution in [1.82, 2.24) is 0 Å². The van der Waals surface area contributed by atoms with Gasteiger partial charge in [-0.1, -0.05) is 247 Å². The standard InChI is InChI=1S/C62H97Si.3ClH.Ti/c1-8-15-21-27-35-52-43-53(36-28-22-16-9-2)47-59(46-52)63(62-42-33-41-58(62)34-14-7,60-48-54(37-29-23-17-10-3)44-55(49-60)38-30-24-18-11-4)61-50-56(39-31-25-19-12-5)45-57(51-61)40-32-26-20-13-6;;;;/h33,41-51H,8-32,34-40H2,1-7H3;3*1H;/q-1;;;;+4/p-3. The fourth-order valence-electron chi connectivity index (χ4n) is 10.6. The number of rotatable bonds is 36.